The van der Waals surface area contributed by atoms with Gasteiger partial charge in [-0.05, 0) is 31.0 Å². The van der Waals surface area contributed by atoms with E-state index in [1.165, 1.54) is 24.3 Å². The Morgan fingerprint density at radius 3 is 2.12 bits per heavy atom. The van der Waals surface area contributed by atoms with E-state index in [0.29, 0.717) is 12.0 Å². The number of rotatable bonds is 13. The summed E-state index contributed by atoms with van der Waals surface area (Å²) in [6.07, 6.45) is -4.78. The Bertz CT molecular complexity index is 2110. The summed E-state index contributed by atoms with van der Waals surface area (Å²) in [4.78, 5) is 67.6. The number of hydrogen-bond acceptors (Lipinski definition) is 13. The summed E-state index contributed by atoms with van der Waals surface area (Å²) in [5.74, 6) is 5.54. The predicted octanol–water partition coefficient (Wildman–Crippen LogP) is 3.42. The fourth-order valence-electron chi connectivity index (χ4n) is 4.98. The van der Waals surface area contributed by atoms with E-state index < -0.39 is 85.9 Å². The largest absolute Gasteiger partial charge is 0.490 e. The van der Waals surface area contributed by atoms with Gasteiger partial charge in [-0.3, -0.25) is 23.4 Å². The monoisotopic (exact) mass is 792 g/mol. The molecule has 0 spiro atoms. The van der Waals surface area contributed by atoms with Gasteiger partial charge >= 0.3 is 36.8 Å². The van der Waals surface area contributed by atoms with E-state index in [9.17, 15) is 47.4 Å². The first-order chi connectivity index (χ1) is 23.8. The van der Waals surface area contributed by atoms with Crippen LogP contribution in [-0.4, -0.2) is 60.3 Å². The smallest absolute Gasteiger partial charge is 0.346 e. The fourth-order valence-corrected chi connectivity index (χ4v) is 10.6. The van der Waals surface area contributed by atoms with Crippen molar-refractivity contribution in [3.63, 3.8) is 0 Å². The lowest BCUT2D eigenvalue weighted by molar-refractivity contribution is -0.152. The van der Waals surface area contributed by atoms with Crippen molar-refractivity contribution < 1.29 is 69.5 Å². The molecule has 276 valence electrons. The number of H-pyrrole nitrogens is 1. The summed E-state index contributed by atoms with van der Waals surface area (Å²) in [5.41, 5.74) is 0.0289. The molecule has 2 aliphatic heterocycles. The molecule has 19 nitrogen and oxygen atoms in total. The minimum atomic E-state index is -6.01. The number of fused-ring (bicyclic) bond motifs is 1. The van der Waals surface area contributed by atoms with Gasteiger partial charge in [0.1, 0.15) is 23.9 Å². The molecule has 6 unspecified atom stereocenters. The number of aromatic amines is 1. The number of ether oxygens (including phenoxy) is 3. The van der Waals surface area contributed by atoms with Gasteiger partial charge < -0.3 is 33.8 Å². The second kappa shape index (κ2) is 15.6. The van der Waals surface area contributed by atoms with Crippen LogP contribution in [0.25, 0.3) is 0 Å². The van der Waals surface area contributed by atoms with Crippen LogP contribution in [0.5, 0.6) is 0 Å². The van der Waals surface area contributed by atoms with Crippen LogP contribution in [0.15, 0.2) is 70.4 Å². The Labute approximate surface area is 289 Å². The lowest BCUT2D eigenvalue weighted by Crippen LogP contribution is -2.38. The molecule has 0 bridgehead atoms. The highest BCUT2D eigenvalue weighted by Crippen LogP contribution is 2.71. The van der Waals surface area contributed by atoms with Crippen LogP contribution in [0.1, 0.15) is 41.8 Å². The van der Waals surface area contributed by atoms with Gasteiger partial charge in [-0.1, -0.05) is 66.8 Å². The average molecular weight is 792 g/mol. The van der Waals surface area contributed by atoms with Crippen molar-refractivity contribution in [2.45, 2.75) is 57.3 Å². The standard InChI is InChI=1S/C28H32N2O17P4/c1-3-23-43-24-22(16-41-49(35,36)46-51(39,40)47-50(37,38)45-48(33,34)17-20-7-5-4-6-8-20)42-27(25(24)44-23)30-15-21(26(31)29-28(30)32)14-13-19-11-9-18(2)10-12-19/h4-12,15,22-25,27H,3,16-17H2,1-2H3,(H,33,34)(H,35,36)(H,37,38)(H,39,40)(H,29,31,32)/t22-,23?,24?,25+,27-/m1/s1. The zero-order valence-electron chi connectivity index (χ0n) is 26.6. The van der Waals surface area contributed by atoms with Crippen molar-refractivity contribution in [1.82, 2.24) is 9.55 Å². The number of nitrogens with zero attached hydrogens (tertiary/aromatic N) is 1. The number of nitrogens with one attached hydrogen (secondary N) is 1. The van der Waals surface area contributed by atoms with Crippen LogP contribution in [0, 0.1) is 18.8 Å². The minimum Gasteiger partial charge on any atom is -0.346 e. The quantitative estimate of drug-likeness (QED) is 0.123. The van der Waals surface area contributed by atoms with E-state index in [1.54, 1.807) is 25.1 Å². The molecule has 3 aromatic rings. The third-order valence-electron chi connectivity index (χ3n) is 7.14. The number of aromatic nitrogens is 2. The van der Waals surface area contributed by atoms with Crippen LogP contribution in [0.4, 0.5) is 0 Å². The van der Waals surface area contributed by atoms with Gasteiger partial charge in [0.25, 0.3) is 5.56 Å². The van der Waals surface area contributed by atoms with Crippen molar-refractivity contribution in [2.75, 3.05) is 6.61 Å². The first kappa shape index (κ1) is 39.4. The lowest BCUT2D eigenvalue weighted by Gasteiger charge is -2.22. The molecule has 0 amide bonds. The molecule has 9 atom stereocenters. The maximum Gasteiger partial charge on any atom is 0.490 e. The van der Waals surface area contributed by atoms with Gasteiger partial charge in [0, 0.05) is 11.8 Å². The van der Waals surface area contributed by atoms with Gasteiger partial charge in [0.15, 0.2) is 12.5 Å². The molecule has 0 radical (unpaired) electrons. The molecule has 0 aliphatic carbocycles. The van der Waals surface area contributed by atoms with Crippen molar-refractivity contribution >= 4 is 31.1 Å². The van der Waals surface area contributed by atoms with E-state index >= 15 is 0 Å². The number of hydrogen-bond donors (Lipinski definition) is 5. The van der Waals surface area contributed by atoms with Crippen molar-refractivity contribution in [3.8, 4) is 11.8 Å². The summed E-state index contributed by atoms with van der Waals surface area (Å²) >= 11 is 0. The summed E-state index contributed by atoms with van der Waals surface area (Å²) in [6, 6.07) is 14.6. The first-order valence-electron chi connectivity index (χ1n) is 14.9. The van der Waals surface area contributed by atoms with Gasteiger partial charge in [0.05, 0.1) is 12.8 Å². The molecular weight excluding hydrogens is 760 g/mol. The van der Waals surface area contributed by atoms with Crippen molar-refractivity contribution in [2.24, 2.45) is 0 Å². The Hall–Kier alpha value is -2.84. The highest BCUT2D eigenvalue weighted by atomic mass is 31.3. The zero-order chi connectivity index (χ0) is 37.2. The normalized spacial score (nSPS) is 26.1. The molecule has 51 heavy (non-hydrogen) atoms. The summed E-state index contributed by atoms with van der Waals surface area (Å²) in [6.45, 7) is 2.72. The van der Waals surface area contributed by atoms with E-state index in [4.69, 9.17) is 18.7 Å². The molecular formula is C28H32N2O17P4. The van der Waals surface area contributed by atoms with Crippen LogP contribution in [-0.2, 0) is 56.1 Å². The molecule has 2 aromatic carbocycles. The number of phosphoric acid groups is 3. The molecule has 5 rings (SSSR count). The van der Waals surface area contributed by atoms with Crippen LogP contribution in [0.2, 0.25) is 0 Å². The van der Waals surface area contributed by atoms with E-state index in [2.05, 4.69) is 29.8 Å². The Kier molecular flexibility index (Phi) is 12.1. The molecule has 2 saturated heterocycles. The Balaban J connectivity index is 1.27. The molecule has 2 aliphatic rings. The molecule has 5 N–H and O–H groups in total. The van der Waals surface area contributed by atoms with E-state index in [-0.39, 0.29) is 11.1 Å². The van der Waals surface area contributed by atoms with Gasteiger partial charge in [-0.25, -0.2) is 22.8 Å². The third kappa shape index (κ3) is 10.6. The average Bonchev–Trinajstić information content (AvgIpc) is 3.58. The van der Waals surface area contributed by atoms with E-state index in [0.717, 1.165) is 16.3 Å². The van der Waals surface area contributed by atoms with Gasteiger partial charge in [-0.2, -0.15) is 8.62 Å². The second-order valence-electron chi connectivity index (χ2n) is 11.2. The molecule has 1 aromatic heterocycles. The maximum atomic E-state index is 12.9. The summed E-state index contributed by atoms with van der Waals surface area (Å²) < 4.78 is 85.2. The van der Waals surface area contributed by atoms with Crippen molar-refractivity contribution in [1.29, 1.82) is 0 Å². The van der Waals surface area contributed by atoms with E-state index in [1.807, 2.05) is 19.1 Å². The SMILES string of the molecule is CCC1OC2[C@@H](COP(=O)(O)OP(=O)(O)OP(=O)(O)OP(=O)(O)Cc3ccccc3)O[C@@H](n3cc(C#Cc4ccc(C)cc4)c(=O)[nH]c3=O)[C@H]2O1. The van der Waals surface area contributed by atoms with Crippen molar-refractivity contribution in [3.05, 3.63) is 104 Å². The van der Waals surface area contributed by atoms with Gasteiger partial charge in [-0.15, -0.1) is 0 Å². The third-order valence-corrected chi connectivity index (χ3v) is 13.5. The lowest BCUT2D eigenvalue weighted by atomic mass is 10.1. The molecule has 2 fully saturated rings. The fraction of sp³-hybridized carbons (Fsp3) is 0.357. The summed E-state index contributed by atoms with van der Waals surface area (Å²) in [5, 5.41) is 0. The van der Waals surface area contributed by atoms with Crippen LogP contribution >= 0.6 is 31.1 Å². The number of benzene rings is 2. The minimum absolute atomic E-state index is 0.101. The summed E-state index contributed by atoms with van der Waals surface area (Å²) in [7, 11) is -22.5. The maximum absolute atomic E-state index is 12.9. The zero-order valence-corrected chi connectivity index (χ0v) is 30.2. The first-order valence-corrected chi connectivity index (χ1v) is 21.1. The Morgan fingerprint density at radius 1 is 0.824 bits per heavy atom. The Morgan fingerprint density at radius 2 is 1.45 bits per heavy atom. The number of aryl methyl sites for hydroxylation is 1. The predicted molar refractivity (Wildman–Crippen MR) is 175 cm³/mol. The molecule has 3 heterocycles. The topological polar surface area (TPSA) is 269 Å². The highest BCUT2D eigenvalue weighted by molar-refractivity contribution is 7.70. The molecule has 23 heteroatoms. The van der Waals surface area contributed by atoms with Crippen LogP contribution in [0.3, 0.4) is 0 Å². The van der Waals surface area contributed by atoms with Gasteiger partial charge in [0.2, 0.25) is 0 Å². The van der Waals surface area contributed by atoms with Crippen LogP contribution < -0.4 is 11.2 Å². The number of phosphoric ester groups is 1. The molecule has 0 saturated carbocycles. The second-order valence-corrected chi connectivity index (χ2v) is 17.8. The highest BCUT2D eigenvalue weighted by Gasteiger charge is 2.54.